The average Bonchev–Trinajstić information content (AvgIpc) is 3.09. The Bertz CT molecular complexity index is 705. The van der Waals surface area contributed by atoms with Crippen LogP contribution < -0.4 is 10.6 Å². The number of carbonyl (C=O) groups excluding carboxylic acids is 2. The lowest BCUT2D eigenvalue weighted by atomic mass is 10.1. The van der Waals surface area contributed by atoms with Gasteiger partial charge in [0.05, 0.1) is 6.54 Å². The molecule has 0 fully saturated rings. The minimum Gasteiger partial charge on any atom is -0.331 e. The molecule has 0 saturated heterocycles. The predicted octanol–water partition coefficient (Wildman–Crippen LogP) is 1.75. The maximum atomic E-state index is 11.9. The van der Waals surface area contributed by atoms with Gasteiger partial charge in [0, 0.05) is 24.2 Å². The number of carbonyl (C=O) groups is 2. The van der Waals surface area contributed by atoms with E-state index in [9.17, 15) is 9.59 Å². The van der Waals surface area contributed by atoms with Crippen molar-refractivity contribution in [2.24, 2.45) is 0 Å². The van der Waals surface area contributed by atoms with Crippen molar-refractivity contribution in [1.29, 1.82) is 0 Å². The second-order valence-electron chi connectivity index (χ2n) is 5.23. The molecule has 0 radical (unpaired) electrons. The molecule has 0 aliphatic carbocycles. The highest BCUT2D eigenvalue weighted by Gasteiger charge is 2.17. The van der Waals surface area contributed by atoms with Gasteiger partial charge in [0.2, 0.25) is 0 Å². The number of ketones is 1. The summed E-state index contributed by atoms with van der Waals surface area (Å²) in [4.78, 5) is 23.1. The first-order chi connectivity index (χ1) is 10.6. The van der Waals surface area contributed by atoms with Gasteiger partial charge in [0.25, 0.3) is 0 Å². The zero-order valence-electron chi connectivity index (χ0n) is 12.3. The molecule has 1 aliphatic rings. The third kappa shape index (κ3) is 2.98. The molecule has 0 bridgehead atoms. The van der Waals surface area contributed by atoms with E-state index in [1.165, 1.54) is 6.92 Å². The molecule has 0 saturated carbocycles. The number of urea groups is 1. The van der Waals surface area contributed by atoms with Crippen molar-refractivity contribution in [2.45, 2.75) is 32.9 Å². The topological polar surface area (TPSA) is 88.9 Å². The van der Waals surface area contributed by atoms with Crippen LogP contribution in [-0.4, -0.2) is 26.6 Å². The van der Waals surface area contributed by atoms with Crippen LogP contribution in [0, 0.1) is 0 Å². The lowest BCUT2D eigenvalue weighted by Crippen LogP contribution is -2.29. The van der Waals surface area contributed by atoms with E-state index in [1.54, 1.807) is 24.3 Å². The smallest absolute Gasteiger partial charge is 0.319 e. The molecule has 1 aromatic carbocycles. The van der Waals surface area contributed by atoms with Crippen molar-refractivity contribution < 1.29 is 9.59 Å². The number of rotatable bonds is 4. The number of nitrogens with one attached hydrogen (secondary N) is 2. The van der Waals surface area contributed by atoms with Gasteiger partial charge in [-0.25, -0.2) is 4.79 Å². The molecule has 22 heavy (non-hydrogen) atoms. The maximum absolute atomic E-state index is 11.9. The van der Waals surface area contributed by atoms with Gasteiger partial charge in [-0.05, 0) is 37.6 Å². The fourth-order valence-electron chi connectivity index (χ4n) is 2.46. The van der Waals surface area contributed by atoms with Crippen LogP contribution in [0.4, 0.5) is 10.5 Å². The van der Waals surface area contributed by atoms with Crippen molar-refractivity contribution in [3.63, 3.8) is 0 Å². The van der Waals surface area contributed by atoms with Gasteiger partial charge < -0.3 is 15.2 Å². The van der Waals surface area contributed by atoms with Gasteiger partial charge in [0.15, 0.2) is 11.6 Å². The Balaban J connectivity index is 1.55. The van der Waals surface area contributed by atoms with E-state index in [0.717, 1.165) is 31.0 Å². The summed E-state index contributed by atoms with van der Waals surface area (Å²) in [5, 5.41) is 13.7. The van der Waals surface area contributed by atoms with Crippen LogP contribution in [0.3, 0.4) is 0 Å². The van der Waals surface area contributed by atoms with Crippen LogP contribution in [0.5, 0.6) is 0 Å². The van der Waals surface area contributed by atoms with Gasteiger partial charge in [-0.15, -0.1) is 10.2 Å². The largest absolute Gasteiger partial charge is 0.331 e. The Kier molecular flexibility index (Phi) is 3.86. The molecule has 1 aromatic heterocycles. The van der Waals surface area contributed by atoms with E-state index in [1.807, 2.05) is 4.57 Å². The molecule has 1 aliphatic heterocycles. The molecule has 0 spiro atoms. The molecule has 2 amide bonds. The monoisotopic (exact) mass is 299 g/mol. The zero-order valence-corrected chi connectivity index (χ0v) is 12.3. The number of fused-ring (bicyclic) bond motifs is 1. The number of nitrogens with zero attached hydrogens (tertiary/aromatic N) is 3. The van der Waals surface area contributed by atoms with E-state index < -0.39 is 0 Å². The number of amides is 2. The fourth-order valence-corrected chi connectivity index (χ4v) is 2.46. The highest BCUT2D eigenvalue weighted by molar-refractivity contribution is 5.95. The van der Waals surface area contributed by atoms with Gasteiger partial charge in [-0.2, -0.15) is 0 Å². The van der Waals surface area contributed by atoms with Gasteiger partial charge in [-0.1, -0.05) is 0 Å². The second kappa shape index (κ2) is 5.97. The van der Waals surface area contributed by atoms with Crippen LogP contribution in [0.15, 0.2) is 24.3 Å². The minimum atomic E-state index is -0.314. The molecule has 3 rings (SSSR count). The summed E-state index contributed by atoms with van der Waals surface area (Å²) < 4.78 is 2.04. The van der Waals surface area contributed by atoms with Gasteiger partial charge in [-0.3, -0.25) is 4.79 Å². The van der Waals surface area contributed by atoms with Crippen LogP contribution in [0.2, 0.25) is 0 Å². The van der Waals surface area contributed by atoms with Crippen LogP contribution in [0.1, 0.15) is 35.4 Å². The quantitative estimate of drug-likeness (QED) is 0.842. The summed E-state index contributed by atoms with van der Waals surface area (Å²) in [7, 11) is 0. The van der Waals surface area contributed by atoms with Crippen molar-refractivity contribution in [3.05, 3.63) is 41.5 Å². The lowest BCUT2D eigenvalue weighted by molar-refractivity contribution is 0.101. The number of hydrogen-bond acceptors (Lipinski definition) is 4. The summed E-state index contributed by atoms with van der Waals surface area (Å²) in [6, 6.07) is 6.45. The molecule has 0 unspecified atom stereocenters. The van der Waals surface area contributed by atoms with Crippen LogP contribution in [-0.2, 0) is 19.5 Å². The Labute approximate surface area is 127 Å². The Morgan fingerprint density at radius 1 is 1.23 bits per heavy atom. The molecule has 2 heterocycles. The van der Waals surface area contributed by atoms with E-state index in [2.05, 4.69) is 20.8 Å². The predicted molar refractivity (Wildman–Crippen MR) is 80.6 cm³/mol. The first-order valence-electron chi connectivity index (χ1n) is 7.20. The molecular weight excluding hydrogens is 282 g/mol. The molecule has 2 aromatic rings. The zero-order chi connectivity index (χ0) is 15.5. The molecule has 0 atom stereocenters. The van der Waals surface area contributed by atoms with E-state index in [4.69, 9.17) is 0 Å². The summed E-state index contributed by atoms with van der Waals surface area (Å²) in [5.41, 5.74) is 1.25. The summed E-state index contributed by atoms with van der Waals surface area (Å²) in [6.45, 7) is 2.75. The lowest BCUT2D eigenvalue weighted by Gasteiger charge is -2.08. The third-order valence-electron chi connectivity index (χ3n) is 3.64. The SMILES string of the molecule is CC(=O)c1ccc(NC(=O)NCc2nnc3n2CCC3)cc1. The number of benzene rings is 1. The number of aryl methyl sites for hydroxylation is 1. The summed E-state index contributed by atoms with van der Waals surface area (Å²) in [5.74, 6) is 1.75. The highest BCUT2D eigenvalue weighted by atomic mass is 16.2. The highest BCUT2D eigenvalue weighted by Crippen LogP contribution is 2.14. The second-order valence-corrected chi connectivity index (χ2v) is 5.23. The summed E-state index contributed by atoms with van der Waals surface area (Å²) >= 11 is 0. The standard InChI is InChI=1S/C15H17N5O2/c1-10(21)11-4-6-12(7-5-11)17-15(22)16-9-14-19-18-13-3-2-8-20(13)14/h4-7H,2-3,8-9H2,1H3,(H2,16,17,22). The van der Waals surface area contributed by atoms with E-state index in [-0.39, 0.29) is 11.8 Å². The molecule has 2 N–H and O–H groups in total. The van der Waals surface area contributed by atoms with Crippen molar-refractivity contribution in [2.75, 3.05) is 5.32 Å². The van der Waals surface area contributed by atoms with Crippen molar-refractivity contribution in [1.82, 2.24) is 20.1 Å². The van der Waals surface area contributed by atoms with Crippen molar-refractivity contribution >= 4 is 17.5 Å². The minimum absolute atomic E-state index is 0.00309. The number of hydrogen-bond donors (Lipinski definition) is 2. The van der Waals surface area contributed by atoms with Crippen molar-refractivity contribution in [3.8, 4) is 0 Å². The van der Waals surface area contributed by atoms with Crippen LogP contribution in [0.25, 0.3) is 0 Å². The first kappa shape index (κ1) is 14.2. The maximum Gasteiger partial charge on any atom is 0.319 e. The average molecular weight is 299 g/mol. The molecular formula is C15H17N5O2. The van der Waals surface area contributed by atoms with E-state index in [0.29, 0.717) is 17.8 Å². The molecule has 114 valence electrons. The fraction of sp³-hybridized carbons (Fsp3) is 0.333. The normalized spacial score (nSPS) is 12.8. The Morgan fingerprint density at radius 2 is 2.00 bits per heavy atom. The number of anilines is 1. The summed E-state index contributed by atoms with van der Waals surface area (Å²) in [6.07, 6.45) is 2.02. The third-order valence-corrected chi connectivity index (χ3v) is 3.64. The Morgan fingerprint density at radius 3 is 2.73 bits per heavy atom. The van der Waals surface area contributed by atoms with Crippen LogP contribution >= 0.6 is 0 Å². The Hall–Kier alpha value is -2.70. The van der Waals surface area contributed by atoms with Gasteiger partial charge in [0.1, 0.15) is 5.82 Å². The van der Waals surface area contributed by atoms with E-state index >= 15 is 0 Å². The number of aromatic nitrogens is 3. The first-order valence-corrected chi connectivity index (χ1v) is 7.20. The molecule has 7 heteroatoms. The van der Waals surface area contributed by atoms with Gasteiger partial charge >= 0.3 is 6.03 Å². The molecule has 7 nitrogen and oxygen atoms in total. The number of Topliss-reactive ketones (excluding diaryl/α,β-unsaturated/α-hetero) is 1.